The SMILES string of the molecule is Cc1ccc(NC(=O)C2C3CCC2CC3)cc1-c1ccccn1.[HH]. The molecule has 0 atom stereocenters. The highest BCUT2D eigenvalue weighted by Gasteiger charge is 2.45. The first-order valence-corrected chi connectivity index (χ1v) is 8.55. The summed E-state index contributed by atoms with van der Waals surface area (Å²) in [5, 5.41) is 3.16. The lowest BCUT2D eigenvalue weighted by Gasteiger charge is -2.16. The minimum absolute atomic E-state index is 0. The van der Waals surface area contributed by atoms with Crippen LogP contribution >= 0.6 is 0 Å². The van der Waals surface area contributed by atoms with Crippen molar-refractivity contribution in [2.75, 3.05) is 5.32 Å². The second kappa shape index (κ2) is 5.80. The first-order chi connectivity index (χ1) is 11.2. The van der Waals surface area contributed by atoms with Crippen LogP contribution in [0.25, 0.3) is 11.3 Å². The quantitative estimate of drug-likeness (QED) is 0.894. The summed E-state index contributed by atoms with van der Waals surface area (Å²) >= 11 is 0. The van der Waals surface area contributed by atoms with E-state index >= 15 is 0 Å². The Hall–Kier alpha value is -2.16. The molecule has 1 N–H and O–H groups in total. The van der Waals surface area contributed by atoms with E-state index in [1.807, 2.05) is 30.3 Å². The van der Waals surface area contributed by atoms with Crippen LogP contribution in [0, 0.1) is 24.7 Å². The molecule has 2 bridgehead atoms. The molecule has 3 heteroatoms. The number of nitrogens with zero attached hydrogens (tertiary/aromatic N) is 1. The van der Waals surface area contributed by atoms with Crippen molar-refractivity contribution in [1.82, 2.24) is 4.98 Å². The van der Waals surface area contributed by atoms with Crippen LogP contribution < -0.4 is 5.32 Å². The number of anilines is 1. The number of nitrogens with one attached hydrogen (secondary N) is 1. The van der Waals surface area contributed by atoms with E-state index in [4.69, 9.17) is 0 Å². The van der Waals surface area contributed by atoms with Gasteiger partial charge in [-0.15, -0.1) is 0 Å². The normalized spacial score (nSPS) is 25.5. The van der Waals surface area contributed by atoms with E-state index in [-0.39, 0.29) is 13.3 Å². The summed E-state index contributed by atoms with van der Waals surface area (Å²) in [5.41, 5.74) is 4.08. The average Bonchev–Trinajstić information content (AvgIpc) is 3.18. The number of hydrogen-bond donors (Lipinski definition) is 1. The van der Waals surface area contributed by atoms with E-state index in [9.17, 15) is 4.79 Å². The average molecular weight is 308 g/mol. The van der Waals surface area contributed by atoms with Gasteiger partial charge in [-0.05, 0) is 74.3 Å². The van der Waals surface area contributed by atoms with E-state index in [1.165, 1.54) is 31.2 Å². The molecule has 0 aliphatic heterocycles. The predicted molar refractivity (Wildman–Crippen MR) is 94.1 cm³/mol. The Labute approximate surface area is 138 Å². The smallest absolute Gasteiger partial charge is 0.228 e. The topological polar surface area (TPSA) is 42.0 Å². The molecule has 23 heavy (non-hydrogen) atoms. The third-order valence-electron chi connectivity index (χ3n) is 5.58. The van der Waals surface area contributed by atoms with Gasteiger partial charge in [0.15, 0.2) is 0 Å². The molecule has 120 valence electrons. The second-order valence-corrected chi connectivity index (χ2v) is 6.93. The molecule has 2 saturated carbocycles. The minimum atomic E-state index is 0. The maximum Gasteiger partial charge on any atom is 0.228 e. The number of pyridine rings is 1. The zero-order valence-corrected chi connectivity index (χ0v) is 13.5. The van der Waals surface area contributed by atoms with Gasteiger partial charge in [-0.1, -0.05) is 12.1 Å². The van der Waals surface area contributed by atoms with Crippen LogP contribution in [0.3, 0.4) is 0 Å². The highest BCUT2D eigenvalue weighted by molar-refractivity contribution is 5.94. The fraction of sp³-hybridized carbons (Fsp3) is 0.400. The van der Waals surface area contributed by atoms with Gasteiger partial charge in [-0.2, -0.15) is 0 Å². The van der Waals surface area contributed by atoms with Crippen LogP contribution in [0.15, 0.2) is 42.6 Å². The van der Waals surface area contributed by atoms with E-state index in [0.29, 0.717) is 11.8 Å². The summed E-state index contributed by atoms with van der Waals surface area (Å²) < 4.78 is 0. The molecule has 1 aromatic heterocycles. The lowest BCUT2D eigenvalue weighted by atomic mass is 9.96. The van der Waals surface area contributed by atoms with Crippen molar-refractivity contribution in [2.45, 2.75) is 32.6 Å². The first kappa shape index (κ1) is 14.4. The van der Waals surface area contributed by atoms with Gasteiger partial charge >= 0.3 is 0 Å². The van der Waals surface area contributed by atoms with Crippen molar-refractivity contribution >= 4 is 11.6 Å². The van der Waals surface area contributed by atoms with Crippen molar-refractivity contribution in [3.05, 3.63) is 48.2 Å². The van der Waals surface area contributed by atoms with Gasteiger partial charge in [0.2, 0.25) is 5.91 Å². The summed E-state index contributed by atoms with van der Waals surface area (Å²) in [6.07, 6.45) is 6.73. The number of rotatable bonds is 3. The number of benzene rings is 1. The minimum Gasteiger partial charge on any atom is -0.326 e. The maximum atomic E-state index is 12.7. The molecular formula is C20H24N2O. The maximum absolute atomic E-state index is 12.7. The van der Waals surface area contributed by atoms with Crippen LogP contribution in [-0.4, -0.2) is 10.9 Å². The largest absolute Gasteiger partial charge is 0.326 e. The van der Waals surface area contributed by atoms with Gasteiger partial charge in [0.25, 0.3) is 0 Å². The number of fused-ring (bicyclic) bond motifs is 2. The lowest BCUT2D eigenvalue weighted by Crippen LogP contribution is -2.26. The summed E-state index contributed by atoms with van der Waals surface area (Å²) in [6.45, 7) is 2.08. The summed E-state index contributed by atoms with van der Waals surface area (Å²) in [5.74, 6) is 1.67. The molecule has 2 aliphatic rings. The highest BCUT2D eigenvalue weighted by atomic mass is 16.1. The fourth-order valence-corrected chi connectivity index (χ4v) is 4.40. The zero-order chi connectivity index (χ0) is 15.8. The van der Waals surface area contributed by atoms with Gasteiger partial charge in [0.1, 0.15) is 0 Å². The molecular weight excluding hydrogens is 284 g/mol. The molecule has 2 aromatic rings. The third-order valence-corrected chi connectivity index (χ3v) is 5.58. The first-order valence-electron chi connectivity index (χ1n) is 8.55. The molecule has 1 heterocycles. The van der Waals surface area contributed by atoms with E-state index in [2.05, 4.69) is 23.3 Å². The Kier molecular flexibility index (Phi) is 3.64. The van der Waals surface area contributed by atoms with Gasteiger partial charge in [-0.3, -0.25) is 9.78 Å². The number of carbonyl (C=O) groups is 1. The Morgan fingerprint density at radius 1 is 1.13 bits per heavy atom. The second-order valence-electron chi connectivity index (χ2n) is 6.93. The van der Waals surface area contributed by atoms with Crippen LogP contribution in [0.5, 0.6) is 0 Å². The summed E-state index contributed by atoms with van der Waals surface area (Å²) in [4.78, 5) is 17.1. The monoisotopic (exact) mass is 308 g/mol. The Balaban J connectivity index is 0.00000169. The summed E-state index contributed by atoms with van der Waals surface area (Å²) in [7, 11) is 0. The van der Waals surface area contributed by atoms with Gasteiger partial charge in [0.05, 0.1) is 5.69 Å². The number of aromatic nitrogens is 1. The lowest BCUT2D eigenvalue weighted by molar-refractivity contribution is -0.121. The third kappa shape index (κ3) is 2.65. The molecule has 0 spiro atoms. The number of aryl methyl sites for hydroxylation is 1. The van der Waals surface area contributed by atoms with Crippen LogP contribution in [0.1, 0.15) is 32.7 Å². The predicted octanol–water partition coefficient (Wildman–Crippen LogP) is 4.68. The molecule has 4 rings (SSSR count). The molecule has 0 saturated heterocycles. The molecule has 3 nitrogen and oxygen atoms in total. The Morgan fingerprint density at radius 2 is 1.87 bits per heavy atom. The molecule has 0 radical (unpaired) electrons. The van der Waals surface area contributed by atoms with Crippen LogP contribution in [0.4, 0.5) is 5.69 Å². The highest BCUT2D eigenvalue weighted by Crippen LogP contribution is 2.49. The van der Waals surface area contributed by atoms with E-state index in [1.54, 1.807) is 6.20 Å². The summed E-state index contributed by atoms with van der Waals surface area (Å²) in [6, 6.07) is 12.0. The number of hydrogen-bond acceptors (Lipinski definition) is 2. The standard InChI is InChI=1S/C20H22N2O.H2/c1-13-5-10-16(12-17(13)18-4-2-3-11-21-18)22-20(23)19-14-6-7-15(19)9-8-14;/h2-5,10-12,14-15,19H,6-9H2,1H3,(H,22,23);1H. The van der Waals surface area contributed by atoms with Gasteiger partial charge in [-0.25, -0.2) is 0 Å². The van der Waals surface area contributed by atoms with Crippen molar-refractivity contribution < 1.29 is 6.22 Å². The molecule has 2 aliphatic carbocycles. The van der Waals surface area contributed by atoms with E-state index in [0.717, 1.165) is 16.9 Å². The van der Waals surface area contributed by atoms with Gasteiger partial charge < -0.3 is 5.32 Å². The molecule has 2 fully saturated rings. The van der Waals surface area contributed by atoms with Gasteiger partial charge in [0, 0.05) is 24.8 Å². The van der Waals surface area contributed by atoms with Crippen LogP contribution in [-0.2, 0) is 4.79 Å². The van der Waals surface area contributed by atoms with Crippen molar-refractivity contribution in [3.63, 3.8) is 0 Å². The molecule has 1 amide bonds. The van der Waals surface area contributed by atoms with Crippen molar-refractivity contribution in [1.29, 1.82) is 0 Å². The van der Waals surface area contributed by atoms with Crippen molar-refractivity contribution in [3.8, 4) is 11.3 Å². The number of amides is 1. The van der Waals surface area contributed by atoms with E-state index < -0.39 is 0 Å². The fourth-order valence-electron chi connectivity index (χ4n) is 4.40. The zero-order valence-electron chi connectivity index (χ0n) is 13.5. The Morgan fingerprint density at radius 3 is 2.52 bits per heavy atom. The molecule has 1 aromatic carbocycles. The van der Waals surface area contributed by atoms with Crippen LogP contribution in [0.2, 0.25) is 0 Å². The molecule has 0 unspecified atom stereocenters. The van der Waals surface area contributed by atoms with Crippen molar-refractivity contribution in [2.24, 2.45) is 17.8 Å². The number of carbonyl (C=O) groups excluding carboxylic acids is 1. The Bertz CT molecular complexity index is 712.